The van der Waals surface area contributed by atoms with E-state index in [1.165, 1.54) is 28.6 Å². The lowest BCUT2D eigenvalue weighted by molar-refractivity contribution is -0.162. The van der Waals surface area contributed by atoms with Gasteiger partial charge in [0.15, 0.2) is 22.5 Å². The second kappa shape index (κ2) is 12.9. The van der Waals surface area contributed by atoms with E-state index >= 15 is 0 Å². The number of piperidine rings is 1. The molecule has 5 rings (SSSR count). The van der Waals surface area contributed by atoms with E-state index in [9.17, 15) is 26.8 Å². The zero-order chi connectivity index (χ0) is 32.7. The van der Waals surface area contributed by atoms with Crippen LogP contribution in [0.15, 0.2) is 40.0 Å². The summed E-state index contributed by atoms with van der Waals surface area (Å²) < 4.78 is 68.2. The molecule has 0 amide bonds. The zero-order valence-corrected chi connectivity index (χ0v) is 27.6. The number of aliphatic imine (C=N–C) groups is 1. The van der Waals surface area contributed by atoms with Crippen molar-refractivity contribution < 1.29 is 36.3 Å². The summed E-state index contributed by atoms with van der Waals surface area (Å²) in [6.07, 6.45) is 2.84. The largest absolute Gasteiger partial charge is 0.463 e. The van der Waals surface area contributed by atoms with E-state index in [0.29, 0.717) is 34.9 Å². The Morgan fingerprint density at radius 1 is 1.16 bits per heavy atom. The highest BCUT2D eigenvalue weighted by molar-refractivity contribution is 7.89. The van der Waals surface area contributed by atoms with Gasteiger partial charge in [0.1, 0.15) is 11.6 Å². The van der Waals surface area contributed by atoms with E-state index in [1.54, 1.807) is 39.3 Å². The van der Waals surface area contributed by atoms with E-state index in [4.69, 9.17) is 14.5 Å². The van der Waals surface area contributed by atoms with Gasteiger partial charge in [-0.2, -0.15) is 0 Å². The van der Waals surface area contributed by atoms with E-state index in [1.807, 2.05) is 0 Å². The molecule has 1 aromatic carbocycles. The molecule has 0 radical (unpaired) electrons. The summed E-state index contributed by atoms with van der Waals surface area (Å²) in [4.78, 5) is 35.0. The molecule has 1 saturated heterocycles. The molecule has 1 aliphatic carbocycles. The predicted molar refractivity (Wildman–Crippen MR) is 165 cm³/mol. The summed E-state index contributed by atoms with van der Waals surface area (Å²) in [6, 6.07) is 1.43. The average molecular weight is 665 g/mol. The molecule has 0 spiro atoms. The van der Waals surface area contributed by atoms with Crippen LogP contribution in [-0.2, 0) is 29.1 Å². The smallest absolute Gasteiger partial charge is 0.338 e. The van der Waals surface area contributed by atoms with Crippen LogP contribution in [0.4, 0.5) is 8.78 Å². The summed E-state index contributed by atoms with van der Waals surface area (Å²) in [7, 11) is -3.65. The number of benzene rings is 1. The highest BCUT2D eigenvalue weighted by Gasteiger charge is 2.47. The van der Waals surface area contributed by atoms with E-state index < -0.39 is 50.4 Å². The molecule has 0 bridgehead atoms. The second-order valence-electron chi connectivity index (χ2n) is 12.5. The lowest BCUT2D eigenvalue weighted by atomic mass is 9.85. The lowest BCUT2D eigenvalue weighted by Gasteiger charge is -2.40. The van der Waals surface area contributed by atoms with E-state index in [0.717, 1.165) is 6.07 Å². The van der Waals surface area contributed by atoms with Crippen molar-refractivity contribution in [3.05, 3.63) is 62.7 Å². The first-order valence-corrected chi connectivity index (χ1v) is 17.4. The van der Waals surface area contributed by atoms with Gasteiger partial charge in [-0.15, -0.1) is 11.3 Å². The highest BCUT2D eigenvalue weighted by atomic mass is 32.2. The topological polar surface area (TPSA) is 127 Å². The van der Waals surface area contributed by atoms with Gasteiger partial charge < -0.3 is 14.8 Å². The molecule has 10 nitrogen and oxygen atoms in total. The molecule has 14 heteroatoms. The van der Waals surface area contributed by atoms with Crippen LogP contribution in [0.2, 0.25) is 0 Å². The van der Waals surface area contributed by atoms with Crippen molar-refractivity contribution in [1.29, 1.82) is 0 Å². The standard InChI is InChI=1S/C31H38F2N4O6S2/c1-6-42-30(39)23-25(35-27(28-34-11-14-44-28)36-26(23)21-7-8-22(32)24(33)17(21)2)18-9-12-37(13-10-18)45(40,41)20-15-19(16-20)29(38)43-31(3,4)5/h7-8,11,14,18-20,26H,6,9-10,12-13,15-16H2,1-5H3,(H,35,36)/t19-,20+,26?. The van der Waals surface area contributed by atoms with Crippen molar-refractivity contribution in [2.45, 2.75) is 77.2 Å². The lowest BCUT2D eigenvalue weighted by Crippen LogP contribution is -2.50. The third-order valence-corrected chi connectivity index (χ3v) is 11.5. The second-order valence-corrected chi connectivity index (χ2v) is 15.6. The molecule has 1 saturated carbocycles. The minimum absolute atomic E-state index is 0.0244. The fourth-order valence-corrected chi connectivity index (χ4v) is 8.63. The molecule has 2 fully saturated rings. The monoisotopic (exact) mass is 664 g/mol. The van der Waals surface area contributed by atoms with Crippen LogP contribution in [0.1, 0.15) is 75.6 Å². The number of hydrogen-bond acceptors (Lipinski definition) is 10. The number of nitrogens with one attached hydrogen (secondary N) is 1. The third kappa shape index (κ3) is 6.82. The number of esters is 2. The van der Waals surface area contributed by atoms with Gasteiger partial charge in [0.05, 0.1) is 23.3 Å². The molecule has 45 heavy (non-hydrogen) atoms. The number of hydrogen-bond donors (Lipinski definition) is 1. The molecule has 3 heterocycles. The van der Waals surface area contributed by atoms with Crippen molar-refractivity contribution >= 4 is 39.1 Å². The Morgan fingerprint density at radius 2 is 1.84 bits per heavy atom. The molecule has 1 atom stereocenters. The molecule has 2 aliphatic heterocycles. The van der Waals surface area contributed by atoms with Gasteiger partial charge in [0.2, 0.25) is 10.0 Å². The molecule has 1 N–H and O–H groups in total. The van der Waals surface area contributed by atoms with Crippen molar-refractivity contribution in [2.24, 2.45) is 16.8 Å². The maximum atomic E-state index is 14.8. The summed E-state index contributed by atoms with van der Waals surface area (Å²) >= 11 is 1.33. The maximum Gasteiger partial charge on any atom is 0.338 e. The van der Waals surface area contributed by atoms with Crippen LogP contribution in [0.5, 0.6) is 0 Å². The molecule has 1 aromatic heterocycles. The highest BCUT2D eigenvalue weighted by Crippen LogP contribution is 2.41. The number of carbonyl (C=O) groups excluding carboxylic acids is 2. The van der Waals surface area contributed by atoms with Crippen LogP contribution in [-0.4, -0.2) is 66.0 Å². The van der Waals surface area contributed by atoms with Crippen LogP contribution < -0.4 is 5.32 Å². The Morgan fingerprint density at radius 3 is 2.44 bits per heavy atom. The van der Waals surface area contributed by atoms with Crippen molar-refractivity contribution in [3.63, 3.8) is 0 Å². The number of ether oxygens (including phenoxy) is 2. The fraction of sp³-hybridized carbons (Fsp3) is 0.548. The molecule has 244 valence electrons. The van der Waals surface area contributed by atoms with Gasteiger partial charge in [0, 0.05) is 36.3 Å². The first-order valence-electron chi connectivity index (χ1n) is 15.0. The minimum atomic E-state index is -3.65. The van der Waals surface area contributed by atoms with Crippen molar-refractivity contribution in [2.75, 3.05) is 19.7 Å². The van der Waals surface area contributed by atoms with Gasteiger partial charge in [-0.3, -0.25) is 9.79 Å². The Kier molecular flexibility index (Phi) is 9.48. The van der Waals surface area contributed by atoms with Crippen LogP contribution in [0, 0.1) is 30.4 Å². The summed E-state index contributed by atoms with van der Waals surface area (Å²) in [5, 5.41) is 4.95. The number of aromatic nitrogens is 1. The molecular weight excluding hydrogens is 626 g/mol. The zero-order valence-electron chi connectivity index (χ0n) is 25.9. The van der Waals surface area contributed by atoms with Gasteiger partial charge in [-0.1, -0.05) is 6.07 Å². The van der Waals surface area contributed by atoms with E-state index in [-0.39, 0.29) is 55.6 Å². The van der Waals surface area contributed by atoms with Gasteiger partial charge in [-0.05, 0) is 77.5 Å². The molecule has 1 unspecified atom stereocenters. The third-order valence-electron chi connectivity index (χ3n) is 8.36. The summed E-state index contributed by atoms with van der Waals surface area (Å²) in [5.74, 6) is -3.40. The number of allylic oxidation sites excluding steroid dienone is 1. The van der Waals surface area contributed by atoms with Crippen LogP contribution >= 0.6 is 11.3 Å². The average Bonchev–Trinajstić information content (AvgIpc) is 3.49. The first-order chi connectivity index (χ1) is 21.2. The number of amidine groups is 1. The van der Waals surface area contributed by atoms with Crippen LogP contribution in [0.25, 0.3) is 0 Å². The Labute approximate surface area is 266 Å². The number of sulfonamides is 1. The van der Waals surface area contributed by atoms with Gasteiger partial charge in [-0.25, -0.2) is 31.3 Å². The number of thiazole rings is 1. The SMILES string of the molecule is CCOC(=O)C1=C(C2CCN(S(=O)(=O)[C@H]3C[C@@H](C(=O)OC(C)(C)C)C3)CC2)NC(c2nccs2)=NC1c1ccc(F)c(F)c1C. The summed E-state index contributed by atoms with van der Waals surface area (Å²) in [5.41, 5.74) is 0.381. The molecule has 3 aliphatic rings. The van der Waals surface area contributed by atoms with E-state index in [2.05, 4.69) is 10.3 Å². The van der Waals surface area contributed by atoms with Gasteiger partial charge in [0.25, 0.3) is 0 Å². The van der Waals surface area contributed by atoms with Crippen molar-refractivity contribution in [1.82, 2.24) is 14.6 Å². The Hall–Kier alpha value is -3.23. The Balaban J connectivity index is 1.41. The number of rotatable bonds is 8. The van der Waals surface area contributed by atoms with Crippen molar-refractivity contribution in [3.8, 4) is 0 Å². The maximum absolute atomic E-state index is 14.8. The molecule has 2 aromatic rings. The van der Waals surface area contributed by atoms with Gasteiger partial charge >= 0.3 is 11.9 Å². The number of carbonyl (C=O) groups is 2. The molecular formula is C31H38F2N4O6S2. The quantitative estimate of drug-likeness (QED) is 0.399. The minimum Gasteiger partial charge on any atom is -0.463 e. The summed E-state index contributed by atoms with van der Waals surface area (Å²) in [6.45, 7) is 8.95. The predicted octanol–water partition coefficient (Wildman–Crippen LogP) is 4.80. The Bertz CT molecular complexity index is 1620. The number of nitrogens with zero attached hydrogens (tertiary/aromatic N) is 3. The fourth-order valence-electron chi connectivity index (χ4n) is 5.95. The number of halogens is 2. The first kappa shape index (κ1) is 33.1. The van der Waals surface area contributed by atoms with Crippen LogP contribution in [0.3, 0.4) is 0 Å². The normalized spacial score (nSPS) is 23.2.